The van der Waals surface area contributed by atoms with E-state index in [1.165, 1.54) is 12.4 Å². The van der Waals surface area contributed by atoms with Crippen LogP contribution in [0, 0.1) is 5.82 Å². The van der Waals surface area contributed by atoms with Crippen LogP contribution in [0.3, 0.4) is 0 Å². The molecular formula is C21H15F4N3O2. The number of nitrogens with zero attached hydrogens (tertiary/aromatic N) is 2. The Hall–Kier alpha value is -3.49. The third kappa shape index (κ3) is 4.10. The summed E-state index contributed by atoms with van der Waals surface area (Å²) in [7, 11) is 0. The normalized spacial score (nSPS) is 13.5. The minimum atomic E-state index is -4.67. The average molecular weight is 417 g/mol. The van der Waals surface area contributed by atoms with Crippen LogP contribution in [0.4, 0.5) is 17.6 Å². The Morgan fingerprint density at radius 3 is 2.67 bits per heavy atom. The molecule has 4 rings (SSSR count). The number of rotatable bonds is 4. The zero-order valence-corrected chi connectivity index (χ0v) is 15.5. The number of carbonyl (C=O) groups is 1. The predicted molar refractivity (Wildman–Crippen MR) is 99.2 cm³/mol. The summed E-state index contributed by atoms with van der Waals surface area (Å²) in [5.74, 6) is -1.44. The summed E-state index contributed by atoms with van der Waals surface area (Å²) in [4.78, 5) is 20.7. The van der Waals surface area contributed by atoms with Crippen LogP contribution in [0.5, 0.6) is 5.75 Å². The van der Waals surface area contributed by atoms with Crippen molar-refractivity contribution in [2.24, 2.45) is 0 Å². The van der Waals surface area contributed by atoms with E-state index in [1.54, 1.807) is 18.2 Å². The van der Waals surface area contributed by atoms with E-state index in [9.17, 15) is 22.4 Å². The van der Waals surface area contributed by atoms with Crippen molar-refractivity contribution < 1.29 is 27.1 Å². The zero-order chi connectivity index (χ0) is 21.3. The van der Waals surface area contributed by atoms with Crippen molar-refractivity contribution in [1.29, 1.82) is 0 Å². The average Bonchev–Trinajstić information content (AvgIpc) is 2.71. The van der Waals surface area contributed by atoms with E-state index in [-0.39, 0.29) is 18.3 Å². The maximum absolute atomic E-state index is 13.5. The maximum atomic E-state index is 13.5. The SMILES string of the molecule is O=C1NCCc2c1ccnc2-c1cc(COc2cc(F)cc(C(F)(F)F)c2)ccn1. The number of hydrogen-bond acceptors (Lipinski definition) is 4. The third-order valence-corrected chi connectivity index (χ3v) is 4.63. The van der Waals surface area contributed by atoms with Gasteiger partial charge in [-0.2, -0.15) is 13.2 Å². The number of fused-ring (bicyclic) bond motifs is 1. The highest BCUT2D eigenvalue weighted by atomic mass is 19.4. The maximum Gasteiger partial charge on any atom is 0.416 e. The zero-order valence-electron chi connectivity index (χ0n) is 15.5. The van der Waals surface area contributed by atoms with Crippen LogP contribution in [-0.4, -0.2) is 22.4 Å². The lowest BCUT2D eigenvalue weighted by Gasteiger charge is -2.18. The molecule has 0 radical (unpaired) electrons. The number of pyridine rings is 2. The van der Waals surface area contributed by atoms with Gasteiger partial charge in [0.1, 0.15) is 18.2 Å². The summed E-state index contributed by atoms with van der Waals surface area (Å²) < 4.78 is 57.5. The molecule has 0 saturated heterocycles. The van der Waals surface area contributed by atoms with Gasteiger partial charge in [0.2, 0.25) is 0 Å². The van der Waals surface area contributed by atoms with E-state index in [0.717, 1.165) is 17.7 Å². The molecule has 2 aromatic heterocycles. The van der Waals surface area contributed by atoms with Gasteiger partial charge in [0.15, 0.2) is 0 Å². The molecule has 0 aliphatic carbocycles. The van der Waals surface area contributed by atoms with Gasteiger partial charge in [-0.1, -0.05) is 0 Å². The fourth-order valence-electron chi connectivity index (χ4n) is 3.25. The first-order valence-corrected chi connectivity index (χ1v) is 9.03. The summed E-state index contributed by atoms with van der Waals surface area (Å²) >= 11 is 0. The smallest absolute Gasteiger partial charge is 0.416 e. The van der Waals surface area contributed by atoms with Crippen molar-refractivity contribution in [1.82, 2.24) is 15.3 Å². The summed E-state index contributed by atoms with van der Waals surface area (Å²) in [6.07, 6.45) is -1.02. The van der Waals surface area contributed by atoms with E-state index in [2.05, 4.69) is 15.3 Å². The summed E-state index contributed by atoms with van der Waals surface area (Å²) in [6.45, 7) is 0.403. The monoisotopic (exact) mass is 417 g/mol. The highest BCUT2D eigenvalue weighted by Gasteiger charge is 2.31. The molecule has 1 aromatic carbocycles. The van der Waals surface area contributed by atoms with Crippen LogP contribution in [0.15, 0.2) is 48.8 Å². The van der Waals surface area contributed by atoms with Gasteiger partial charge in [-0.15, -0.1) is 0 Å². The van der Waals surface area contributed by atoms with Crippen molar-refractivity contribution in [2.45, 2.75) is 19.2 Å². The molecule has 30 heavy (non-hydrogen) atoms. The van der Waals surface area contributed by atoms with Crippen molar-refractivity contribution >= 4 is 5.91 Å². The Labute approximate surface area is 168 Å². The number of alkyl halides is 3. The van der Waals surface area contributed by atoms with Crippen LogP contribution in [0.2, 0.25) is 0 Å². The van der Waals surface area contributed by atoms with Crippen LogP contribution in [-0.2, 0) is 19.2 Å². The van der Waals surface area contributed by atoms with Gasteiger partial charge in [0.05, 0.1) is 17.0 Å². The first kappa shape index (κ1) is 19.8. The van der Waals surface area contributed by atoms with Gasteiger partial charge < -0.3 is 10.1 Å². The first-order chi connectivity index (χ1) is 14.3. The molecule has 1 aliphatic heterocycles. The highest BCUT2D eigenvalue weighted by Crippen LogP contribution is 2.32. The highest BCUT2D eigenvalue weighted by molar-refractivity contribution is 5.98. The van der Waals surface area contributed by atoms with Crippen LogP contribution in [0.25, 0.3) is 11.4 Å². The molecule has 0 bridgehead atoms. The Morgan fingerprint density at radius 1 is 1.07 bits per heavy atom. The van der Waals surface area contributed by atoms with Gasteiger partial charge in [-0.05, 0) is 47.9 Å². The molecule has 0 saturated carbocycles. The fraction of sp³-hybridized carbons (Fsp3) is 0.190. The molecular weight excluding hydrogens is 402 g/mol. The standard InChI is InChI=1S/C21H15F4N3O2/c22-14-8-13(21(23,24)25)9-15(10-14)30-11-12-1-4-26-18(7-12)19-16-2-6-28-20(29)17(16)3-5-27-19/h1,3-5,7-10H,2,6,11H2,(H,28,29). The van der Waals surface area contributed by atoms with Crippen LogP contribution in [0.1, 0.15) is 27.0 Å². The molecule has 1 aliphatic rings. The number of aromatic nitrogens is 2. The van der Waals surface area contributed by atoms with E-state index in [4.69, 9.17) is 4.74 Å². The first-order valence-electron chi connectivity index (χ1n) is 9.03. The fourth-order valence-corrected chi connectivity index (χ4v) is 3.25. The Balaban J connectivity index is 1.58. The predicted octanol–water partition coefficient (Wildman–Crippen LogP) is 4.17. The van der Waals surface area contributed by atoms with Crippen LogP contribution < -0.4 is 10.1 Å². The number of ether oxygens (including phenoxy) is 1. The quantitative estimate of drug-likeness (QED) is 0.648. The lowest BCUT2D eigenvalue weighted by molar-refractivity contribution is -0.137. The molecule has 3 heterocycles. The number of halogens is 4. The van der Waals surface area contributed by atoms with E-state index < -0.39 is 17.6 Å². The molecule has 9 heteroatoms. The molecule has 1 N–H and O–H groups in total. The minimum absolute atomic E-state index is 0.0915. The number of nitrogens with one attached hydrogen (secondary N) is 1. The molecule has 1 amide bonds. The Bertz CT molecular complexity index is 1120. The second-order valence-electron chi connectivity index (χ2n) is 6.70. The largest absolute Gasteiger partial charge is 0.489 e. The summed E-state index contributed by atoms with van der Waals surface area (Å²) in [6, 6.07) is 7.01. The number of hydrogen-bond donors (Lipinski definition) is 1. The molecule has 154 valence electrons. The molecule has 0 fully saturated rings. The molecule has 0 atom stereocenters. The molecule has 0 unspecified atom stereocenters. The summed E-state index contributed by atoms with van der Waals surface area (Å²) in [5.41, 5.74) is 1.89. The van der Waals surface area contributed by atoms with E-state index in [0.29, 0.717) is 41.5 Å². The lowest BCUT2D eigenvalue weighted by atomic mass is 9.97. The summed E-state index contributed by atoms with van der Waals surface area (Å²) in [5, 5.41) is 2.77. The number of benzene rings is 1. The Kier molecular flexibility index (Phi) is 5.11. The van der Waals surface area contributed by atoms with Gasteiger partial charge in [0.25, 0.3) is 5.91 Å². The van der Waals surface area contributed by atoms with Crippen molar-refractivity contribution in [2.75, 3.05) is 6.54 Å². The van der Waals surface area contributed by atoms with Crippen LogP contribution >= 0.6 is 0 Å². The van der Waals surface area contributed by atoms with Gasteiger partial charge in [-0.25, -0.2) is 4.39 Å². The molecule has 0 spiro atoms. The van der Waals surface area contributed by atoms with Crippen molar-refractivity contribution in [3.05, 3.63) is 76.9 Å². The van der Waals surface area contributed by atoms with Gasteiger partial charge >= 0.3 is 6.18 Å². The number of carbonyl (C=O) groups excluding carboxylic acids is 1. The second kappa shape index (κ2) is 7.74. The number of amides is 1. The topological polar surface area (TPSA) is 64.1 Å². The minimum Gasteiger partial charge on any atom is -0.489 e. The van der Waals surface area contributed by atoms with Gasteiger partial charge in [0, 0.05) is 30.6 Å². The second-order valence-corrected chi connectivity index (χ2v) is 6.70. The third-order valence-electron chi connectivity index (χ3n) is 4.63. The Morgan fingerprint density at radius 2 is 1.87 bits per heavy atom. The van der Waals surface area contributed by atoms with E-state index >= 15 is 0 Å². The molecule has 5 nitrogen and oxygen atoms in total. The lowest BCUT2D eigenvalue weighted by Crippen LogP contribution is -2.32. The van der Waals surface area contributed by atoms with Crippen molar-refractivity contribution in [3.63, 3.8) is 0 Å². The van der Waals surface area contributed by atoms with Gasteiger partial charge in [-0.3, -0.25) is 14.8 Å². The molecule has 3 aromatic rings. The van der Waals surface area contributed by atoms with E-state index in [1.807, 2.05) is 0 Å². The van der Waals surface area contributed by atoms with Crippen molar-refractivity contribution in [3.8, 4) is 17.1 Å².